The Morgan fingerprint density at radius 2 is 1.08 bits per heavy atom. The summed E-state index contributed by atoms with van der Waals surface area (Å²) in [4.78, 5) is 0. The van der Waals surface area contributed by atoms with Gasteiger partial charge in [-0.1, -0.05) is 65.2 Å². The maximum atomic E-state index is 5.71. The highest BCUT2D eigenvalue weighted by molar-refractivity contribution is 4.59. The maximum absolute atomic E-state index is 5.71. The zero-order valence-electron chi connectivity index (χ0n) is 18.8. The average molecular weight is 376 g/mol. The molecule has 4 nitrogen and oxygen atoms in total. The molecule has 0 aromatic rings. The Bertz CT molecular complexity index is 243. The van der Waals surface area contributed by atoms with Crippen molar-refractivity contribution in [1.29, 1.82) is 0 Å². The smallest absolute Gasteiger partial charge is 0.282 e. The molecule has 0 saturated carbocycles. The van der Waals surface area contributed by atoms with E-state index in [1.807, 2.05) is 20.8 Å². The van der Waals surface area contributed by atoms with Gasteiger partial charge in [0, 0.05) is 32.3 Å². The van der Waals surface area contributed by atoms with Gasteiger partial charge in [-0.15, -0.1) is 0 Å². The number of ether oxygens (including phenoxy) is 3. The Balaban J connectivity index is 0. The van der Waals surface area contributed by atoms with Gasteiger partial charge in [-0.3, -0.25) is 0 Å². The lowest BCUT2D eigenvalue weighted by molar-refractivity contribution is -0.380. The molecular formula is C22H49NO3. The van der Waals surface area contributed by atoms with Gasteiger partial charge in [-0.05, 0) is 40.5 Å². The molecule has 0 radical (unpaired) electrons. The molecule has 2 N–H and O–H groups in total. The summed E-state index contributed by atoms with van der Waals surface area (Å²) < 4.78 is 17.1. The van der Waals surface area contributed by atoms with Crippen molar-refractivity contribution in [2.45, 2.75) is 124 Å². The molecule has 0 aromatic carbocycles. The van der Waals surface area contributed by atoms with Crippen LogP contribution in [-0.2, 0) is 14.2 Å². The summed E-state index contributed by atoms with van der Waals surface area (Å²) in [6.45, 7) is 14.3. The molecule has 0 fully saturated rings. The van der Waals surface area contributed by atoms with E-state index in [4.69, 9.17) is 19.9 Å². The van der Waals surface area contributed by atoms with Crippen LogP contribution >= 0.6 is 0 Å². The van der Waals surface area contributed by atoms with Crippen LogP contribution in [0.4, 0.5) is 0 Å². The SMILES string of the molecule is CCCCC(C)N.CCCCCCCCCC(OCC)(OCC)OCC. The third-order valence-corrected chi connectivity index (χ3v) is 4.19. The molecule has 0 spiro atoms. The summed E-state index contributed by atoms with van der Waals surface area (Å²) in [5.74, 6) is -0.804. The van der Waals surface area contributed by atoms with E-state index in [2.05, 4.69) is 20.8 Å². The molecule has 0 saturated heterocycles. The zero-order valence-corrected chi connectivity index (χ0v) is 18.8. The van der Waals surface area contributed by atoms with Gasteiger partial charge in [-0.2, -0.15) is 0 Å². The highest BCUT2D eigenvalue weighted by atomic mass is 16.9. The van der Waals surface area contributed by atoms with Crippen molar-refractivity contribution in [3.05, 3.63) is 0 Å². The van der Waals surface area contributed by atoms with Crippen molar-refractivity contribution in [2.24, 2.45) is 5.73 Å². The van der Waals surface area contributed by atoms with Crippen LogP contribution in [0.15, 0.2) is 0 Å². The molecule has 0 bridgehead atoms. The Hall–Kier alpha value is -0.160. The summed E-state index contributed by atoms with van der Waals surface area (Å²) in [6.07, 6.45) is 13.6. The van der Waals surface area contributed by atoms with E-state index < -0.39 is 5.97 Å². The zero-order chi connectivity index (χ0) is 20.1. The van der Waals surface area contributed by atoms with Crippen molar-refractivity contribution in [3.63, 3.8) is 0 Å². The number of rotatable bonds is 17. The van der Waals surface area contributed by atoms with E-state index >= 15 is 0 Å². The van der Waals surface area contributed by atoms with Crippen LogP contribution in [0.3, 0.4) is 0 Å². The van der Waals surface area contributed by atoms with Crippen molar-refractivity contribution in [2.75, 3.05) is 19.8 Å². The fourth-order valence-corrected chi connectivity index (χ4v) is 2.83. The van der Waals surface area contributed by atoms with Gasteiger partial charge in [0.1, 0.15) is 0 Å². The molecule has 0 aromatic heterocycles. The third kappa shape index (κ3) is 18.6. The van der Waals surface area contributed by atoms with E-state index in [0.717, 1.165) is 12.8 Å². The highest BCUT2D eigenvalue weighted by Crippen LogP contribution is 2.24. The van der Waals surface area contributed by atoms with Gasteiger partial charge in [0.2, 0.25) is 0 Å². The van der Waals surface area contributed by atoms with Crippen molar-refractivity contribution in [1.82, 2.24) is 0 Å². The van der Waals surface area contributed by atoms with E-state index in [1.54, 1.807) is 0 Å². The van der Waals surface area contributed by atoms with Crippen molar-refractivity contribution < 1.29 is 14.2 Å². The highest BCUT2D eigenvalue weighted by Gasteiger charge is 2.31. The molecule has 1 atom stereocenters. The number of hydrogen-bond acceptors (Lipinski definition) is 4. The first-order valence-corrected chi connectivity index (χ1v) is 11.2. The lowest BCUT2D eigenvalue weighted by atomic mass is 10.1. The topological polar surface area (TPSA) is 53.7 Å². The number of nitrogens with two attached hydrogens (primary N) is 1. The first kappa shape index (κ1) is 28.1. The molecule has 0 amide bonds. The monoisotopic (exact) mass is 375 g/mol. The van der Waals surface area contributed by atoms with Crippen LogP contribution in [0.1, 0.15) is 112 Å². The molecule has 26 heavy (non-hydrogen) atoms. The second-order valence-corrected chi connectivity index (χ2v) is 6.97. The minimum Gasteiger partial charge on any atom is -0.328 e. The van der Waals surface area contributed by atoms with Gasteiger partial charge >= 0.3 is 0 Å². The van der Waals surface area contributed by atoms with Crippen LogP contribution in [0.25, 0.3) is 0 Å². The molecule has 0 rings (SSSR count). The Morgan fingerprint density at radius 3 is 1.42 bits per heavy atom. The largest absolute Gasteiger partial charge is 0.328 e. The van der Waals surface area contributed by atoms with Crippen LogP contribution in [0, 0.1) is 0 Å². The van der Waals surface area contributed by atoms with Gasteiger partial charge in [0.05, 0.1) is 0 Å². The van der Waals surface area contributed by atoms with Crippen molar-refractivity contribution in [3.8, 4) is 0 Å². The molecule has 160 valence electrons. The first-order chi connectivity index (χ1) is 12.5. The summed E-state index contributed by atoms with van der Waals surface area (Å²) in [5, 5.41) is 0. The molecule has 0 aliphatic carbocycles. The summed E-state index contributed by atoms with van der Waals surface area (Å²) >= 11 is 0. The third-order valence-electron chi connectivity index (χ3n) is 4.19. The second kappa shape index (κ2) is 21.1. The molecule has 0 aliphatic rings. The fraction of sp³-hybridized carbons (Fsp3) is 1.00. The van der Waals surface area contributed by atoms with Crippen LogP contribution in [-0.4, -0.2) is 31.8 Å². The normalized spacial score (nSPS) is 12.6. The summed E-state index contributed by atoms with van der Waals surface area (Å²) in [7, 11) is 0. The molecule has 0 heterocycles. The summed E-state index contributed by atoms with van der Waals surface area (Å²) in [5.41, 5.74) is 5.48. The maximum Gasteiger partial charge on any atom is 0.282 e. The molecule has 0 aliphatic heterocycles. The number of unbranched alkanes of at least 4 members (excludes halogenated alkanes) is 7. The minimum atomic E-state index is -0.804. The van der Waals surface area contributed by atoms with E-state index in [0.29, 0.717) is 25.9 Å². The quantitative estimate of drug-likeness (QED) is 0.235. The summed E-state index contributed by atoms with van der Waals surface area (Å²) in [6, 6.07) is 0.403. The fourth-order valence-electron chi connectivity index (χ4n) is 2.83. The number of hydrogen-bond donors (Lipinski definition) is 1. The first-order valence-electron chi connectivity index (χ1n) is 11.2. The van der Waals surface area contributed by atoms with Gasteiger partial charge in [0.15, 0.2) is 0 Å². The lowest BCUT2D eigenvalue weighted by Gasteiger charge is -2.32. The van der Waals surface area contributed by atoms with Crippen LogP contribution in [0.5, 0.6) is 0 Å². The predicted octanol–water partition coefficient (Wildman–Crippen LogP) is 6.41. The predicted molar refractivity (Wildman–Crippen MR) is 113 cm³/mol. The lowest BCUT2D eigenvalue weighted by Crippen LogP contribution is -2.39. The second-order valence-electron chi connectivity index (χ2n) is 6.97. The minimum absolute atomic E-state index is 0.403. The van der Waals surface area contributed by atoms with Crippen molar-refractivity contribution >= 4 is 0 Å². The molecule has 4 heteroatoms. The average Bonchev–Trinajstić information content (AvgIpc) is 2.60. The Morgan fingerprint density at radius 1 is 0.654 bits per heavy atom. The van der Waals surface area contributed by atoms with Gasteiger partial charge < -0.3 is 19.9 Å². The molecule has 1 unspecified atom stereocenters. The Labute approximate surface area is 164 Å². The van der Waals surface area contributed by atoms with E-state index in [-0.39, 0.29) is 0 Å². The van der Waals surface area contributed by atoms with E-state index in [9.17, 15) is 0 Å². The van der Waals surface area contributed by atoms with Gasteiger partial charge in [-0.25, -0.2) is 0 Å². The van der Waals surface area contributed by atoms with Crippen LogP contribution in [0.2, 0.25) is 0 Å². The molecular weight excluding hydrogens is 326 g/mol. The van der Waals surface area contributed by atoms with E-state index in [1.165, 1.54) is 57.8 Å². The van der Waals surface area contributed by atoms with Crippen LogP contribution < -0.4 is 5.73 Å². The Kier molecular flexibility index (Phi) is 22.8. The standard InChI is InChI=1S/C16H34O3.C6H15N/c1-5-9-10-11-12-13-14-15-16(17-6-2,18-7-3)19-8-4;1-3-4-5-6(2)7/h5-15H2,1-4H3;6H,3-5,7H2,1-2H3. The van der Waals surface area contributed by atoms with Gasteiger partial charge in [0.25, 0.3) is 5.97 Å².